The number of aromatic nitrogens is 1. The maximum Gasteiger partial charge on any atom is 0.131 e. The summed E-state index contributed by atoms with van der Waals surface area (Å²) in [7, 11) is 2.03. The van der Waals surface area contributed by atoms with Crippen LogP contribution in [0.1, 0.15) is 16.0 Å². The zero-order chi connectivity index (χ0) is 13.1. The molecule has 0 aliphatic rings. The van der Waals surface area contributed by atoms with Crippen molar-refractivity contribution in [3.05, 3.63) is 44.7 Å². The molecule has 2 aromatic heterocycles. The highest BCUT2D eigenvalue weighted by molar-refractivity contribution is 7.16. The van der Waals surface area contributed by atoms with E-state index in [-0.39, 0.29) is 0 Å². The van der Waals surface area contributed by atoms with Gasteiger partial charge in [0.15, 0.2) is 0 Å². The van der Waals surface area contributed by atoms with Crippen LogP contribution in [-0.2, 0) is 12.4 Å². The molecule has 0 bridgehead atoms. The summed E-state index contributed by atoms with van der Waals surface area (Å²) in [5.41, 5.74) is 2.18. The number of hydrogen-bond acceptors (Lipinski definition) is 3. The fraction of sp³-hybridized carbons (Fsp3) is 0.308. The van der Waals surface area contributed by atoms with E-state index in [4.69, 9.17) is 23.2 Å². The first-order chi connectivity index (χ1) is 8.60. The number of anilines is 1. The lowest BCUT2D eigenvalue weighted by Gasteiger charge is -2.19. The number of aryl methyl sites for hydroxylation is 1. The first kappa shape index (κ1) is 13.7. The highest BCUT2D eigenvalue weighted by Crippen LogP contribution is 2.25. The Bertz CT molecular complexity index is 540. The number of rotatable bonds is 4. The smallest absolute Gasteiger partial charge is 0.131 e. The lowest BCUT2D eigenvalue weighted by molar-refractivity contribution is 0.902. The van der Waals surface area contributed by atoms with Gasteiger partial charge in [0.1, 0.15) is 5.82 Å². The van der Waals surface area contributed by atoms with E-state index in [1.165, 1.54) is 4.88 Å². The largest absolute Gasteiger partial charge is 0.354 e. The molecule has 96 valence electrons. The molecule has 5 heteroatoms. The number of nitrogens with zero attached hydrogens (tertiary/aromatic N) is 2. The summed E-state index contributed by atoms with van der Waals surface area (Å²) in [6.07, 6.45) is 1.83. The highest BCUT2D eigenvalue weighted by Gasteiger charge is 2.09. The SMILES string of the molecule is Cc1cc(CCl)cnc1N(C)Cc1ccc(Cl)s1. The van der Waals surface area contributed by atoms with Crippen molar-refractivity contribution in [3.8, 4) is 0 Å². The molecule has 2 heterocycles. The first-order valence-corrected chi connectivity index (χ1v) is 7.30. The van der Waals surface area contributed by atoms with Crippen LogP contribution >= 0.6 is 34.5 Å². The molecule has 2 nitrogen and oxygen atoms in total. The zero-order valence-electron chi connectivity index (χ0n) is 10.3. The van der Waals surface area contributed by atoms with Gasteiger partial charge in [-0.25, -0.2) is 4.98 Å². The molecule has 18 heavy (non-hydrogen) atoms. The predicted molar refractivity (Wildman–Crippen MR) is 80.0 cm³/mol. The molecule has 0 saturated heterocycles. The van der Waals surface area contributed by atoms with Gasteiger partial charge in [-0.1, -0.05) is 11.6 Å². The zero-order valence-corrected chi connectivity index (χ0v) is 12.6. The number of hydrogen-bond donors (Lipinski definition) is 0. The molecule has 0 saturated carbocycles. The molecule has 0 N–H and O–H groups in total. The maximum atomic E-state index is 5.93. The van der Waals surface area contributed by atoms with Crippen molar-refractivity contribution < 1.29 is 0 Å². The molecule has 0 fully saturated rings. The van der Waals surface area contributed by atoms with Crippen LogP contribution in [0, 0.1) is 6.92 Å². The Morgan fingerprint density at radius 2 is 2.17 bits per heavy atom. The van der Waals surface area contributed by atoms with Gasteiger partial charge in [-0.2, -0.15) is 0 Å². The average molecular weight is 301 g/mol. The summed E-state index contributed by atoms with van der Waals surface area (Å²) in [6.45, 7) is 2.86. The van der Waals surface area contributed by atoms with Crippen LogP contribution in [0.5, 0.6) is 0 Å². The van der Waals surface area contributed by atoms with E-state index in [1.807, 2.05) is 25.4 Å². The number of thiophene rings is 1. The average Bonchev–Trinajstić information content (AvgIpc) is 2.74. The van der Waals surface area contributed by atoms with Gasteiger partial charge in [-0.3, -0.25) is 0 Å². The van der Waals surface area contributed by atoms with E-state index in [2.05, 4.69) is 22.9 Å². The monoisotopic (exact) mass is 300 g/mol. The normalized spacial score (nSPS) is 10.7. The van der Waals surface area contributed by atoms with Crippen molar-refractivity contribution in [2.75, 3.05) is 11.9 Å². The topological polar surface area (TPSA) is 16.1 Å². The Hall–Kier alpha value is -0.770. The maximum absolute atomic E-state index is 5.93. The van der Waals surface area contributed by atoms with E-state index in [0.717, 1.165) is 27.8 Å². The molecule has 0 amide bonds. The number of alkyl halides is 1. The summed E-state index contributed by atoms with van der Waals surface area (Å²) >= 11 is 13.3. The van der Waals surface area contributed by atoms with Gasteiger partial charge in [0.05, 0.1) is 10.9 Å². The van der Waals surface area contributed by atoms with E-state index in [9.17, 15) is 0 Å². The van der Waals surface area contributed by atoms with Crippen LogP contribution in [0.4, 0.5) is 5.82 Å². The molecular weight excluding hydrogens is 287 g/mol. The Morgan fingerprint density at radius 1 is 1.39 bits per heavy atom. The van der Waals surface area contributed by atoms with Crippen LogP contribution in [0.15, 0.2) is 24.4 Å². The number of pyridine rings is 1. The molecular formula is C13H14Cl2N2S. The second-order valence-electron chi connectivity index (χ2n) is 4.18. The van der Waals surface area contributed by atoms with Crippen LogP contribution in [0.2, 0.25) is 4.34 Å². The second-order valence-corrected chi connectivity index (χ2v) is 6.25. The van der Waals surface area contributed by atoms with Gasteiger partial charge in [0.2, 0.25) is 0 Å². The molecule has 2 aromatic rings. The highest BCUT2D eigenvalue weighted by atomic mass is 35.5. The van der Waals surface area contributed by atoms with E-state index >= 15 is 0 Å². The van der Waals surface area contributed by atoms with Crippen LogP contribution in [0.25, 0.3) is 0 Å². The van der Waals surface area contributed by atoms with Gasteiger partial charge in [-0.15, -0.1) is 22.9 Å². The summed E-state index contributed by atoms with van der Waals surface area (Å²) in [4.78, 5) is 7.81. The van der Waals surface area contributed by atoms with E-state index in [0.29, 0.717) is 5.88 Å². The summed E-state index contributed by atoms with van der Waals surface area (Å²) < 4.78 is 0.820. The van der Waals surface area contributed by atoms with Gasteiger partial charge >= 0.3 is 0 Å². The summed E-state index contributed by atoms with van der Waals surface area (Å²) in [5.74, 6) is 1.48. The van der Waals surface area contributed by atoms with Crippen molar-refractivity contribution in [1.82, 2.24) is 4.98 Å². The van der Waals surface area contributed by atoms with Crippen molar-refractivity contribution in [2.45, 2.75) is 19.3 Å². The van der Waals surface area contributed by atoms with Crippen molar-refractivity contribution in [1.29, 1.82) is 0 Å². The van der Waals surface area contributed by atoms with Crippen molar-refractivity contribution in [2.24, 2.45) is 0 Å². The Morgan fingerprint density at radius 3 is 2.72 bits per heavy atom. The van der Waals surface area contributed by atoms with E-state index < -0.39 is 0 Å². The second kappa shape index (κ2) is 5.91. The minimum absolute atomic E-state index is 0.498. The third-order valence-electron chi connectivity index (χ3n) is 2.65. The lowest BCUT2D eigenvalue weighted by atomic mass is 10.2. The molecule has 0 atom stereocenters. The minimum atomic E-state index is 0.498. The number of halogens is 2. The van der Waals surface area contributed by atoms with Crippen molar-refractivity contribution >= 4 is 40.4 Å². The predicted octanol–water partition coefficient (Wildman–Crippen LogP) is 4.48. The van der Waals surface area contributed by atoms with Crippen molar-refractivity contribution in [3.63, 3.8) is 0 Å². The first-order valence-electron chi connectivity index (χ1n) is 5.57. The molecule has 0 aliphatic carbocycles. The third kappa shape index (κ3) is 3.16. The summed E-state index contributed by atoms with van der Waals surface area (Å²) in [5, 5.41) is 0. The molecule has 0 radical (unpaired) electrons. The molecule has 0 spiro atoms. The van der Waals surface area contributed by atoms with Crippen LogP contribution < -0.4 is 4.90 Å². The van der Waals surface area contributed by atoms with E-state index in [1.54, 1.807) is 11.3 Å². The van der Waals surface area contributed by atoms with Gasteiger partial charge < -0.3 is 4.90 Å². The summed E-state index contributed by atoms with van der Waals surface area (Å²) in [6, 6.07) is 6.05. The Kier molecular flexibility index (Phi) is 4.49. The van der Waals surface area contributed by atoms with Gasteiger partial charge in [0, 0.05) is 24.0 Å². The Balaban J connectivity index is 2.15. The van der Waals surface area contributed by atoms with Gasteiger partial charge in [0.25, 0.3) is 0 Å². The molecule has 2 rings (SSSR count). The fourth-order valence-electron chi connectivity index (χ4n) is 1.84. The third-order valence-corrected chi connectivity index (χ3v) is 4.17. The molecule has 0 unspecified atom stereocenters. The van der Waals surface area contributed by atoms with Crippen LogP contribution in [0.3, 0.4) is 0 Å². The van der Waals surface area contributed by atoms with Crippen LogP contribution in [-0.4, -0.2) is 12.0 Å². The molecule has 0 aromatic carbocycles. The fourth-order valence-corrected chi connectivity index (χ4v) is 3.13. The Labute approximate surface area is 121 Å². The van der Waals surface area contributed by atoms with Gasteiger partial charge in [-0.05, 0) is 36.2 Å². The lowest BCUT2D eigenvalue weighted by Crippen LogP contribution is -2.18. The minimum Gasteiger partial charge on any atom is -0.354 e. The quantitative estimate of drug-likeness (QED) is 0.774. The molecule has 0 aliphatic heterocycles. The standard InChI is InChI=1S/C13H14Cl2N2S/c1-9-5-10(6-14)7-16-13(9)17(2)8-11-3-4-12(15)18-11/h3-5,7H,6,8H2,1-2H3.